The van der Waals surface area contributed by atoms with E-state index >= 15 is 0 Å². The van der Waals surface area contributed by atoms with Crippen LogP contribution in [0.5, 0.6) is 0 Å². The molecule has 41 heavy (non-hydrogen) atoms. The van der Waals surface area contributed by atoms with Crippen LogP contribution in [0.2, 0.25) is 10.0 Å². The molecule has 14 heteroatoms. The maximum absolute atomic E-state index is 13.4. The molecular formula is C27H25Cl2F6N3O3. The molecule has 0 bridgehead atoms. The first-order chi connectivity index (χ1) is 19.1. The van der Waals surface area contributed by atoms with Gasteiger partial charge in [0.05, 0.1) is 27.2 Å². The molecule has 2 aromatic rings. The van der Waals surface area contributed by atoms with Crippen LogP contribution in [0.25, 0.3) is 0 Å². The number of hydrogen-bond donors (Lipinski definition) is 2. The highest BCUT2D eigenvalue weighted by molar-refractivity contribution is 6.42. The van der Waals surface area contributed by atoms with Crippen LogP contribution in [0.15, 0.2) is 48.6 Å². The fraction of sp³-hybridized carbons (Fsp3) is 0.370. The summed E-state index contributed by atoms with van der Waals surface area (Å²) < 4.78 is 80.2. The summed E-state index contributed by atoms with van der Waals surface area (Å²) in [4.78, 5) is 39.0. The van der Waals surface area contributed by atoms with E-state index in [1.54, 1.807) is 6.07 Å². The molecule has 2 N–H and O–H groups in total. The summed E-state index contributed by atoms with van der Waals surface area (Å²) in [6, 6.07) is 3.31. The van der Waals surface area contributed by atoms with E-state index in [9.17, 15) is 40.7 Å². The molecule has 6 nitrogen and oxygen atoms in total. The molecule has 0 aliphatic carbocycles. The Balaban J connectivity index is 1.94. The average Bonchev–Trinajstić information content (AvgIpc) is 3.10. The minimum absolute atomic E-state index is 0.0298. The van der Waals surface area contributed by atoms with Crippen molar-refractivity contribution in [3.63, 3.8) is 0 Å². The van der Waals surface area contributed by atoms with Crippen molar-refractivity contribution in [2.75, 3.05) is 13.6 Å². The average molecular weight is 624 g/mol. The van der Waals surface area contributed by atoms with Crippen molar-refractivity contribution in [1.29, 1.82) is 0 Å². The second-order valence-corrected chi connectivity index (χ2v) is 10.3. The van der Waals surface area contributed by atoms with E-state index in [0.29, 0.717) is 37.1 Å². The molecule has 1 heterocycles. The zero-order valence-electron chi connectivity index (χ0n) is 21.5. The molecule has 1 fully saturated rings. The minimum atomic E-state index is -5.14. The molecule has 1 saturated heterocycles. The topological polar surface area (TPSA) is 78.5 Å². The van der Waals surface area contributed by atoms with Crippen LogP contribution in [-0.2, 0) is 28.4 Å². The van der Waals surface area contributed by atoms with Gasteiger partial charge in [-0.25, -0.2) is 0 Å². The summed E-state index contributed by atoms with van der Waals surface area (Å²) in [6.45, 7) is 0.477. The SMILES string of the molecule is CN(C(=O)c1cc(C(F)(F)F)cc(C(F)(F)F)c1)[C@@H](/C=C/C(=O)N[C@@H]1CCCCNC1=O)Cc1ccc(Cl)c(Cl)c1. The minimum Gasteiger partial charge on any atom is -0.354 e. The van der Waals surface area contributed by atoms with E-state index in [2.05, 4.69) is 10.6 Å². The zero-order valence-corrected chi connectivity index (χ0v) is 23.0. The quantitative estimate of drug-likeness (QED) is 0.291. The third-order valence-corrected chi connectivity index (χ3v) is 7.14. The van der Waals surface area contributed by atoms with Gasteiger partial charge in [-0.15, -0.1) is 0 Å². The molecule has 0 spiro atoms. The van der Waals surface area contributed by atoms with Crippen LogP contribution >= 0.6 is 23.2 Å². The van der Waals surface area contributed by atoms with Gasteiger partial charge in [0.25, 0.3) is 5.91 Å². The number of likely N-dealkylation sites (N-methyl/N-ethyl adjacent to an activating group) is 1. The van der Waals surface area contributed by atoms with E-state index in [1.807, 2.05) is 0 Å². The lowest BCUT2D eigenvalue weighted by Crippen LogP contribution is -2.45. The first kappa shape index (κ1) is 32.3. The molecule has 3 amide bonds. The maximum atomic E-state index is 13.4. The lowest BCUT2D eigenvalue weighted by molar-refractivity contribution is -0.143. The molecule has 222 valence electrons. The van der Waals surface area contributed by atoms with Gasteiger partial charge in [-0.05, 0) is 61.6 Å². The summed E-state index contributed by atoms with van der Waals surface area (Å²) in [5.41, 5.74) is -3.61. The van der Waals surface area contributed by atoms with Crippen LogP contribution in [0, 0.1) is 0 Å². The van der Waals surface area contributed by atoms with Crippen LogP contribution in [0.1, 0.15) is 46.3 Å². The van der Waals surface area contributed by atoms with E-state index in [1.165, 1.54) is 25.3 Å². The summed E-state index contributed by atoms with van der Waals surface area (Å²) in [5.74, 6) is -2.18. The Labute approximate surface area is 241 Å². The number of alkyl halides is 6. The highest BCUT2D eigenvalue weighted by atomic mass is 35.5. The number of carbonyl (C=O) groups excluding carboxylic acids is 3. The Morgan fingerprint density at radius 2 is 1.66 bits per heavy atom. The highest BCUT2D eigenvalue weighted by Crippen LogP contribution is 2.36. The van der Waals surface area contributed by atoms with Gasteiger partial charge in [0.2, 0.25) is 11.8 Å². The van der Waals surface area contributed by atoms with Gasteiger partial charge in [-0.3, -0.25) is 14.4 Å². The van der Waals surface area contributed by atoms with Crippen LogP contribution in [0.4, 0.5) is 26.3 Å². The molecule has 0 radical (unpaired) electrons. The number of halogens is 8. The molecule has 1 aliphatic heterocycles. The van der Waals surface area contributed by atoms with Gasteiger partial charge in [0.1, 0.15) is 6.04 Å². The summed E-state index contributed by atoms with van der Waals surface area (Å²) in [5, 5.41) is 5.64. The largest absolute Gasteiger partial charge is 0.416 e. The van der Waals surface area contributed by atoms with Crippen molar-refractivity contribution in [2.45, 2.75) is 50.1 Å². The van der Waals surface area contributed by atoms with Gasteiger partial charge in [-0.2, -0.15) is 26.3 Å². The fourth-order valence-electron chi connectivity index (χ4n) is 4.17. The monoisotopic (exact) mass is 623 g/mol. The van der Waals surface area contributed by atoms with Crippen LogP contribution < -0.4 is 10.6 Å². The molecule has 2 aromatic carbocycles. The molecule has 1 aliphatic rings. The van der Waals surface area contributed by atoms with Crippen molar-refractivity contribution in [3.8, 4) is 0 Å². The van der Waals surface area contributed by atoms with Gasteiger partial charge >= 0.3 is 12.4 Å². The molecule has 3 rings (SSSR count). The Hall–Kier alpha value is -3.25. The van der Waals surface area contributed by atoms with Crippen molar-refractivity contribution < 1.29 is 40.7 Å². The second kappa shape index (κ2) is 13.2. The standard InChI is InChI=1S/C27H25Cl2F6N3O3/c1-38(25(41)16-12-17(26(30,31)32)14-18(13-16)27(33,34)35)19(10-15-5-7-20(28)21(29)11-15)6-8-23(39)37-22-4-2-3-9-36-24(22)40/h5-8,11-14,19,22H,2-4,9-10H2,1H3,(H,36,40)(H,37,39)/b8-6+/t19-,22+/m0/s1. The smallest absolute Gasteiger partial charge is 0.354 e. The zero-order chi connectivity index (χ0) is 30.5. The Bertz CT molecular complexity index is 1300. The fourth-order valence-corrected chi connectivity index (χ4v) is 4.49. The predicted molar refractivity (Wildman–Crippen MR) is 140 cm³/mol. The summed E-state index contributed by atoms with van der Waals surface area (Å²) in [6.07, 6.45) is -6.14. The molecular weight excluding hydrogens is 599 g/mol. The first-order valence-corrected chi connectivity index (χ1v) is 13.1. The van der Waals surface area contributed by atoms with Crippen molar-refractivity contribution in [3.05, 3.63) is 80.8 Å². The maximum Gasteiger partial charge on any atom is 0.416 e. The summed E-state index contributed by atoms with van der Waals surface area (Å²) in [7, 11) is 1.18. The van der Waals surface area contributed by atoms with Crippen LogP contribution in [-0.4, -0.2) is 48.3 Å². The van der Waals surface area contributed by atoms with Crippen LogP contribution in [0.3, 0.4) is 0 Å². The lowest BCUT2D eigenvalue weighted by atomic mass is 10.0. The van der Waals surface area contributed by atoms with E-state index in [-0.39, 0.29) is 28.4 Å². The number of rotatable bonds is 7. The van der Waals surface area contributed by atoms with E-state index < -0.39 is 52.9 Å². The molecule has 0 aromatic heterocycles. The van der Waals surface area contributed by atoms with E-state index in [4.69, 9.17) is 23.2 Å². The van der Waals surface area contributed by atoms with Gasteiger partial charge in [0.15, 0.2) is 0 Å². The molecule has 0 saturated carbocycles. The van der Waals surface area contributed by atoms with Crippen molar-refractivity contribution >= 4 is 40.9 Å². The highest BCUT2D eigenvalue weighted by Gasteiger charge is 2.38. The number of amides is 3. The molecule has 2 atom stereocenters. The Morgan fingerprint density at radius 1 is 1.02 bits per heavy atom. The van der Waals surface area contributed by atoms with E-state index in [0.717, 1.165) is 17.4 Å². The number of nitrogens with one attached hydrogen (secondary N) is 2. The number of nitrogens with zero attached hydrogens (tertiary/aromatic N) is 1. The third-order valence-electron chi connectivity index (χ3n) is 6.40. The van der Waals surface area contributed by atoms with Crippen molar-refractivity contribution in [1.82, 2.24) is 15.5 Å². The third kappa shape index (κ3) is 8.87. The number of benzene rings is 2. The number of hydrogen-bond acceptors (Lipinski definition) is 3. The summed E-state index contributed by atoms with van der Waals surface area (Å²) >= 11 is 12.0. The first-order valence-electron chi connectivity index (χ1n) is 12.3. The van der Waals surface area contributed by atoms with Gasteiger partial charge in [-0.1, -0.05) is 35.3 Å². The molecule has 0 unspecified atom stereocenters. The Kier molecular flexibility index (Phi) is 10.4. The second-order valence-electron chi connectivity index (χ2n) is 9.44. The predicted octanol–water partition coefficient (Wildman–Crippen LogP) is 6.06. The lowest BCUT2D eigenvalue weighted by Gasteiger charge is -2.27. The van der Waals surface area contributed by atoms with Crippen molar-refractivity contribution in [2.24, 2.45) is 0 Å². The normalized spacial score (nSPS) is 17.1. The Morgan fingerprint density at radius 3 is 2.24 bits per heavy atom. The van der Waals surface area contributed by atoms with Gasteiger partial charge < -0.3 is 15.5 Å². The number of carbonyl (C=O) groups is 3. The van der Waals surface area contributed by atoms with Gasteiger partial charge in [0, 0.05) is 25.2 Å².